The van der Waals surface area contributed by atoms with Crippen LogP contribution in [0.2, 0.25) is 0 Å². The fraction of sp³-hybridized carbons (Fsp3) is 0.333. The van der Waals surface area contributed by atoms with Crippen LogP contribution in [0.25, 0.3) is 0 Å². The quantitative estimate of drug-likeness (QED) is 0.423. The largest absolute Gasteiger partial charge is 0.368 e. The summed E-state index contributed by atoms with van der Waals surface area (Å²) in [5, 5.41) is 0. The zero-order valence-corrected chi connectivity index (χ0v) is 12.7. The highest BCUT2D eigenvalue weighted by Crippen LogP contribution is 2.23. The molecule has 0 aliphatic rings. The monoisotopic (exact) mass is 351 g/mol. The van der Waals surface area contributed by atoms with Crippen molar-refractivity contribution in [3.05, 3.63) is 16.7 Å². The van der Waals surface area contributed by atoms with Crippen molar-refractivity contribution in [2.75, 3.05) is 5.43 Å². The summed E-state index contributed by atoms with van der Waals surface area (Å²) in [6.07, 6.45) is 1.38. The first-order valence-corrected chi connectivity index (χ1v) is 7.34. The third kappa shape index (κ3) is 3.62. The summed E-state index contributed by atoms with van der Waals surface area (Å²) in [6, 6.07) is 1.31. The van der Waals surface area contributed by atoms with Crippen molar-refractivity contribution in [2.45, 2.75) is 24.3 Å². The smallest absolute Gasteiger partial charge is 0.245 e. The number of hydrogen-bond acceptors (Lipinski definition) is 6. The molecule has 8 nitrogen and oxygen atoms in total. The number of carbonyl (C=O) groups excluding carboxylic acids is 1. The summed E-state index contributed by atoms with van der Waals surface area (Å²) in [6.45, 7) is 2.71. The van der Waals surface area contributed by atoms with Crippen LogP contribution in [-0.2, 0) is 14.8 Å². The van der Waals surface area contributed by atoms with Crippen LogP contribution in [0, 0.1) is 0 Å². The number of primary amides is 1. The first kappa shape index (κ1) is 15.8. The van der Waals surface area contributed by atoms with Gasteiger partial charge in [0.15, 0.2) is 5.82 Å². The lowest BCUT2D eigenvalue weighted by atomic mass is 10.1. The maximum absolute atomic E-state index is 12.2. The van der Waals surface area contributed by atoms with Crippen molar-refractivity contribution in [3.8, 4) is 0 Å². The van der Waals surface area contributed by atoms with Gasteiger partial charge in [-0.05, 0) is 35.8 Å². The van der Waals surface area contributed by atoms with E-state index in [0.29, 0.717) is 4.47 Å². The van der Waals surface area contributed by atoms with Crippen LogP contribution in [0.5, 0.6) is 0 Å². The van der Waals surface area contributed by atoms with Gasteiger partial charge in [-0.3, -0.25) is 4.79 Å². The Labute approximate surface area is 119 Å². The molecule has 1 amide bonds. The average Bonchev–Trinajstić information content (AvgIpc) is 2.27. The molecule has 1 aromatic rings. The van der Waals surface area contributed by atoms with Gasteiger partial charge in [-0.25, -0.2) is 19.2 Å². The van der Waals surface area contributed by atoms with Crippen molar-refractivity contribution in [3.63, 3.8) is 0 Å². The van der Waals surface area contributed by atoms with E-state index in [9.17, 15) is 13.2 Å². The maximum atomic E-state index is 12.2. The summed E-state index contributed by atoms with van der Waals surface area (Å²) in [5.74, 6) is 4.36. The van der Waals surface area contributed by atoms with Gasteiger partial charge in [0.1, 0.15) is 10.4 Å². The number of rotatable bonds is 5. The summed E-state index contributed by atoms with van der Waals surface area (Å²) >= 11 is 3.11. The zero-order valence-electron chi connectivity index (χ0n) is 10.3. The Morgan fingerprint density at radius 1 is 1.47 bits per heavy atom. The predicted molar refractivity (Wildman–Crippen MR) is 73.3 cm³/mol. The summed E-state index contributed by atoms with van der Waals surface area (Å²) in [4.78, 5) is 14.8. The number of halogens is 1. The van der Waals surface area contributed by atoms with Gasteiger partial charge in [0, 0.05) is 10.7 Å². The van der Waals surface area contributed by atoms with Crippen LogP contribution < -0.4 is 21.7 Å². The number of amides is 1. The second kappa shape index (κ2) is 5.41. The molecule has 0 fully saturated rings. The van der Waals surface area contributed by atoms with Crippen LogP contribution in [0.1, 0.15) is 13.8 Å². The highest BCUT2D eigenvalue weighted by molar-refractivity contribution is 9.10. The van der Waals surface area contributed by atoms with E-state index in [2.05, 4.69) is 31.1 Å². The number of pyridine rings is 1. The first-order valence-electron chi connectivity index (χ1n) is 5.06. The molecule has 106 valence electrons. The molecular weight excluding hydrogens is 338 g/mol. The molecule has 1 rings (SSSR count). The minimum atomic E-state index is -4.01. The fourth-order valence-corrected chi connectivity index (χ4v) is 3.19. The van der Waals surface area contributed by atoms with Crippen LogP contribution in [0.4, 0.5) is 5.82 Å². The lowest BCUT2D eigenvalue weighted by Crippen LogP contribution is -2.52. The summed E-state index contributed by atoms with van der Waals surface area (Å²) in [5.41, 5.74) is 5.86. The molecule has 0 saturated heterocycles. The normalized spacial score (nSPS) is 12.2. The Balaban J connectivity index is 3.28. The van der Waals surface area contributed by atoms with Gasteiger partial charge in [0.2, 0.25) is 15.9 Å². The molecule has 0 bridgehead atoms. The van der Waals surface area contributed by atoms with Gasteiger partial charge in [-0.2, -0.15) is 4.72 Å². The lowest BCUT2D eigenvalue weighted by Gasteiger charge is -2.22. The fourth-order valence-electron chi connectivity index (χ4n) is 1.18. The molecule has 0 saturated carbocycles. The molecular formula is C9H14BrN5O3S. The van der Waals surface area contributed by atoms with Crippen LogP contribution in [-0.4, -0.2) is 24.8 Å². The Bertz CT molecular complexity index is 602. The van der Waals surface area contributed by atoms with E-state index in [-0.39, 0.29) is 10.7 Å². The first-order chi connectivity index (χ1) is 8.60. The number of sulfonamides is 1. The minimum Gasteiger partial charge on any atom is -0.368 e. The number of nitrogens with one attached hydrogen (secondary N) is 2. The van der Waals surface area contributed by atoms with Crippen molar-refractivity contribution in [1.29, 1.82) is 0 Å². The molecule has 0 atom stereocenters. The molecule has 10 heteroatoms. The topological polar surface area (TPSA) is 140 Å². The average molecular weight is 352 g/mol. The van der Waals surface area contributed by atoms with Gasteiger partial charge in [0.05, 0.1) is 0 Å². The third-order valence-electron chi connectivity index (χ3n) is 2.25. The maximum Gasteiger partial charge on any atom is 0.245 e. The molecule has 0 aromatic carbocycles. The summed E-state index contributed by atoms with van der Waals surface area (Å²) < 4.78 is 27.1. The standard InChI is InChI=1S/C9H14BrN5O3S/c1-9(2,8(11)16)15-19(17,18)6-3-5(10)4-13-7(6)14-12/h3-4,15H,12H2,1-2H3,(H2,11,16)(H,13,14). The zero-order chi connectivity index (χ0) is 14.8. The minimum absolute atomic E-state index is 0.0454. The van der Waals surface area contributed by atoms with Gasteiger partial charge in [-0.15, -0.1) is 0 Å². The molecule has 19 heavy (non-hydrogen) atoms. The Morgan fingerprint density at radius 3 is 2.53 bits per heavy atom. The lowest BCUT2D eigenvalue weighted by molar-refractivity contribution is -0.122. The molecule has 0 radical (unpaired) electrons. The van der Waals surface area contributed by atoms with Crippen LogP contribution in [0.3, 0.4) is 0 Å². The number of hydrazine groups is 1. The Morgan fingerprint density at radius 2 is 2.05 bits per heavy atom. The van der Waals surface area contributed by atoms with Gasteiger partial charge >= 0.3 is 0 Å². The molecule has 0 spiro atoms. The SMILES string of the molecule is CC(C)(NS(=O)(=O)c1cc(Br)cnc1NN)C(N)=O. The van der Waals surface area contributed by atoms with E-state index >= 15 is 0 Å². The summed E-state index contributed by atoms with van der Waals surface area (Å²) in [7, 11) is -4.01. The van der Waals surface area contributed by atoms with Crippen LogP contribution >= 0.6 is 15.9 Å². The van der Waals surface area contributed by atoms with E-state index in [4.69, 9.17) is 11.6 Å². The molecule has 1 heterocycles. The number of anilines is 1. The van der Waals surface area contributed by atoms with Crippen molar-refractivity contribution < 1.29 is 13.2 Å². The second-order valence-electron chi connectivity index (χ2n) is 4.24. The molecule has 0 unspecified atom stereocenters. The van der Waals surface area contributed by atoms with Gasteiger partial charge in [0.25, 0.3) is 0 Å². The van der Waals surface area contributed by atoms with E-state index < -0.39 is 21.5 Å². The Kier molecular flexibility index (Phi) is 4.50. The van der Waals surface area contributed by atoms with Gasteiger partial charge in [-0.1, -0.05) is 0 Å². The Hall–Kier alpha value is -1.23. The van der Waals surface area contributed by atoms with E-state index in [0.717, 1.165) is 0 Å². The van der Waals surface area contributed by atoms with Crippen molar-refractivity contribution in [2.24, 2.45) is 11.6 Å². The number of hydrogen-bond donors (Lipinski definition) is 4. The second-order valence-corrected chi connectivity index (χ2v) is 6.81. The molecule has 6 N–H and O–H groups in total. The number of nitrogen functional groups attached to an aromatic ring is 1. The molecule has 1 aromatic heterocycles. The molecule has 0 aliphatic heterocycles. The number of aromatic nitrogens is 1. The van der Waals surface area contributed by atoms with E-state index in [1.807, 2.05) is 0 Å². The highest BCUT2D eigenvalue weighted by atomic mass is 79.9. The van der Waals surface area contributed by atoms with E-state index in [1.165, 1.54) is 26.1 Å². The predicted octanol–water partition coefficient (Wildman–Crippen LogP) is -0.328. The van der Waals surface area contributed by atoms with E-state index in [1.54, 1.807) is 0 Å². The number of carbonyl (C=O) groups is 1. The number of nitrogens with two attached hydrogens (primary N) is 2. The van der Waals surface area contributed by atoms with Gasteiger partial charge < -0.3 is 11.2 Å². The third-order valence-corrected chi connectivity index (χ3v) is 4.35. The highest BCUT2D eigenvalue weighted by Gasteiger charge is 2.32. The van der Waals surface area contributed by atoms with Crippen molar-refractivity contribution >= 4 is 37.7 Å². The van der Waals surface area contributed by atoms with Crippen molar-refractivity contribution in [1.82, 2.24) is 9.71 Å². The van der Waals surface area contributed by atoms with Crippen LogP contribution in [0.15, 0.2) is 21.6 Å². The number of nitrogens with zero attached hydrogens (tertiary/aromatic N) is 1. The molecule has 0 aliphatic carbocycles.